The molecule has 2 heterocycles. The van der Waals surface area contributed by atoms with Crippen molar-refractivity contribution in [3.8, 4) is 5.88 Å². The summed E-state index contributed by atoms with van der Waals surface area (Å²) in [7, 11) is 0. The predicted octanol–water partition coefficient (Wildman–Crippen LogP) is 3.05. The molecule has 7 nitrogen and oxygen atoms in total. The van der Waals surface area contributed by atoms with Crippen LogP contribution in [0.2, 0.25) is 0 Å². The zero-order chi connectivity index (χ0) is 21.8. The Kier molecular flexibility index (Phi) is 6.89. The molecule has 0 bridgehead atoms. The molecule has 1 N–H and O–H groups in total. The van der Waals surface area contributed by atoms with Crippen LogP contribution >= 0.6 is 0 Å². The van der Waals surface area contributed by atoms with Crippen LogP contribution in [0.15, 0.2) is 18.2 Å². The molecule has 0 radical (unpaired) electrons. The molecule has 0 aliphatic rings. The fourth-order valence-electron chi connectivity index (χ4n) is 2.59. The van der Waals surface area contributed by atoms with Crippen LogP contribution in [0.3, 0.4) is 0 Å². The van der Waals surface area contributed by atoms with Gasteiger partial charge in [0.05, 0.1) is 6.04 Å². The van der Waals surface area contributed by atoms with Crippen LogP contribution < -0.4 is 10.1 Å². The predicted molar refractivity (Wildman–Crippen MR) is 97.6 cm³/mol. The molecule has 0 aliphatic heterocycles. The van der Waals surface area contributed by atoms with Crippen molar-refractivity contribution in [3.05, 3.63) is 46.4 Å². The number of nitrogens with zero attached hydrogens (tertiary/aromatic N) is 3. The van der Waals surface area contributed by atoms with E-state index < -0.39 is 24.7 Å². The standard InChI is InChI=1S/C19H21F3N4O3/c1-10-5-16(25-26-18(10)29-9-19(20,21)22)17(28)24-13(4)14-6-11(2)23-15(8-14)7-12(3)27/h5-6,8,13H,7,9H2,1-4H3,(H,24,28). The fraction of sp³-hybridized carbons (Fsp3) is 0.421. The lowest BCUT2D eigenvalue weighted by Gasteiger charge is -2.16. The van der Waals surface area contributed by atoms with E-state index in [1.807, 2.05) is 0 Å². The summed E-state index contributed by atoms with van der Waals surface area (Å²) in [5.74, 6) is -0.854. The Morgan fingerprint density at radius 1 is 1.17 bits per heavy atom. The number of halogens is 3. The molecule has 1 atom stereocenters. The van der Waals surface area contributed by atoms with Gasteiger partial charge in [0.1, 0.15) is 5.78 Å². The highest BCUT2D eigenvalue weighted by Crippen LogP contribution is 2.20. The van der Waals surface area contributed by atoms with Crippen molar-refractivity contribution in [2.75, 3.05) is 6.61 Å². The number of alkyl halides is 3. The molecule has 0 fully saturated rings. The van der Waals surface area contributed by atoms with E-state index in [2.05, 4.69) is 25.2 Å². The number of aryl methyl sites for hydroxylation is 2. The third-order valence-corrected chi connectivity index (χ3v) is 3.85. The largest absolute Gasteiger partial charge is 0.467 e. The second-order valence-corrected chi connectivity index (χ2v) is 6.73. The van der Waals surface area contributed by atoms with E-state index in [-0.39, 0.29) is 29.3 Å². The first-order valence-corrected chi connectivity index (χ1v) is 8.76. The second-order valence-electron chi connectivity index (χ2n) is 6.73. The Labute approximate surface area is 165 Å². The van der Waals surface area contributed by atoms with Crippen LogP contribution in [0.25, 0.3) is 0 Å². The molecule has 2 aromatic heterocycles. The van der Waals surface area contributed by atoms with Gasteiger partial charge >= 0.3 is 6.18 Å². The maximum absolute atomic E-state index is 12.5. The van der Waals surface area contributed by atoms with Crippen molar-refractivity contribution in [1.82, 2.24) is 20.5 Å². The summed E-state index contributed by atoms with van der Waals surface area (Å²) in [6.07, 6.45) is -4.30. The summed E-state index contributed by atoms with van der Waals surface area (Å²) >= 11 is 0. The molecular weight excluding hydrogens is 389 g/mol. The lowest BCUT2D eigenvalue weighted by atomic mass is 10.1. The van der Waals surface area contributed by atoms with Crippen LogP contribution in [0.4, 0.5) is 13.2 Å². The molecule has 156 valence electrons. The van der Waals surface area contributed by atoms with E-state index in [1.54, 1.807) is 26.0 Å². The number of hydrogen-bond acceptors (Lipinski definition) is 6. The SMILES string of the molecule is CC(=O)Cc1cc(C(C)NC(=O)c2cc(C)c(OCC(F)(F)F)nn2)cc(C)n1. The first kappa shape index (κ1) is 22.3. The highest BCUT2D eigenvalue weighted by molar-refractivity contribution is 5.92. The van der Waals surface area contributed by atoms with Crippen molar-refractivity contribution in [2.24, 2.45) is 0 Å². The lowest BCUT2D eigenvalue weighted by molar-refractivity contribution is -0.154. The van der Waals surface area contributed by atoms with Gasteiger partial charge in [-0.2, -0.15) is 13.2 Å². The highest BCUT2D eigenvalue weighted by Gasteiger charge is 2.29. The maximum atomic E-state index is 12.5. The van der Waals surface area contributed by atoms with E-state index in [0.29, 0.717) is 11.4 Å². The lowest BCUT2D eigenvalue weighted by Crippen LogP contribution is -2.28. The number of carbonyl (C=O) groups excluding carboxylic acids is 2. The van der Waals surface area contributed by atoms with Gasteiger partial charge in [-0.25, -0.2) is 0 Å². The number of ether oxygens (including phenoxy) is 1. The van der Waals surface area contributed by atoms with Gasteiger partial charge in [-0.05, 0) is 51.5 Å². The van der Waals surface area contributed by atoms with Gasteiger partial charge in [0.25, 0.3) is 5.91 Å². The summed E-state index contributed by atoms with van der Waals surface area (Å²) in [5, 5.41) is 9.96. The molecule has 1 amide bonds. The van der Waals surface area contributed by atoms with Gasteiger partial charge < -0.3 is 10.1 Å². The van der Waals surface area contributed by atoms with Gasteiger partial charge in [-0.15, -0.1) is 10.2 Å². The molecular formula is C19H21F3N4O3. The number of hydrogen-bond donors (Lipinski definition) is 1. The molecule has 29 heavy (non-hydrogen) atoms. The molecule has 0 saturated carbocycles. The number of carbonyl (C=O) groups is 2. The van der Waals surface area contributed by atoms with Crippen molar-refractivity contribution in [1.29, 1.82) is 0 Å². The Hall–Kier alpha value is -3.04. The Bertz CT molecular complexity index is 916. The number of nitrogens with one attached hydrogen (secondary N) is 1. The van der Waals surface area contributed by atoms with Crippen LogP contribution in [-0.4, -0.2) is 39.7 Å². The second kappa shape index (κ2) is 8.97. The van der Waals surface area contributed by atoms with E-state index in [9.17, 15) is 22.8 Å². The Morgan fingerprint density at radius 3 is 2.45 bits per heavy atom. The molecule has 10 heteroatoms. The van der Waals surface area contributed by atoms with E-state index in [0.717, 1.165) is 5.56 Å². The number of Topliss-reactive ketones (excluding diaryl/α,β-unsaturated/α-hetero) is 1. The van der Waals surface area contributed by atoms with E-state index in [4.69, 9.17) is 0 Å². The van der Waals surface area contributed by atoms with Crippen molar-refractivity contribution >= 4 is 11.7 Å². The third-order valence-electron chi connectivity index (χ3n) is 3.85. The smallest absolute Gasteiger partial charge is 0.422 e. The van der Waals surface area contributed by atoms with Gasteiger partial charge in [0, 0.05) is 23.4 Å². The van der Waals surface area contributed by atoms with Gasteiger partial charge in [0.2, 0.25) is 5.88 Å². The topological polar surface area (TPSA) is 94.1 Å². The van der Waals surface area contributed by atoms with Crippen LogP contribution in [0.5, 0.6) is 5.88 Å². The van der Waals surface area contributed by atoms with Gasteiger partial charge in [0.15, 0.2) is 12.3 Å². The molecule has 0 saturated heterocycles. The van der Waals surface area contributed by atoms with Crippen LogP contribution in [-0.2, 0) is 11.2 Å². The van der Waals surface area contributed by atoms with Crippen molar-refractivity contribution < 1.29 is 27.5 Å². The number of aromatic nitrogens is 3. The monoisotopic (exact) mass is 410 g/mol. The van der Waals surface area contributed by atoms with Gasteiger partial charge in [-0.1, -0.05) is 0 Å². The molecule has 1 unspecified atom stereocenters. The first-order chi connectivity index (χ1) is 13.4. The number of pyridine rings is 1. The van der Waals surface area contributed by atoms with Gasteiger partial charge in [-0.3, -0.25) is 14.6 Å². The normalized spacial score (nSPS) is 12.4. The van der Waals surface area contributed by atoms with E-state index >= 15 is 0 Å². The highest BCUT2D eigenvalue weighted by atomic mass is 19.4. The quantitative estimate of drug-likeness (QED) is 0.754. The summed E-state index contributed by atoms with van der Waals surface area (Å²) in [4.78, 5) is 28.1. The Morgan fingerprint density at radius 2 is 1.86 bits per heavy atom. The molecule has 0 spiro atoms. The summed E-state index contributed by atoms with van der Waals surface area (Å²) in [5.41, 5.74) is 2.28. The minimum absolute atomic E-state index is 0.0238. The minimum Gasteiger partial charge on any atom is -0.467 e. The molecule has 2 aromatic rings. The van der Waals surface area contributed by atoms with Crippen molar-refractivity contribution in [3.63, 3.8) is 0 Å². The zero-order valence-electron chi connectivity index (χ0n) is 16.4. The number of ketones is 1. The maximum Gasteiger partial charge on any atom is 0.422 e. The fourth-order valence-corrected chi connectivity index (χ4v) is 2.59. The third kappa shape index (κ3) is 6.81. The summed E-state index contributed by atoms with van der Waals surface area (Å²) in [6, 6.07) is 4.42. The molecule has 0 aromatic carbocycles. The molecule has 0 aliphatic carbocycles. The van der Waals surface area contributed by atoms with Crippen LogP contribution in [0.1, 0.15) is 52.9 Å². The first-order valence-electron chi connectivity index (χ1n) is 8.76. The zero-order valence-corrected chi connectivity index (χ0v) is 16.4. The minimum atomic E-state index is -4.50. The number of amides is 1. The van der Waals surface area contributed by atoms with Crippen molar-refractivity contribution in [2.45, 2.75) is 46.3 Å². The number of rotatable bonds is 7. The Balaban J connectivity index is 2.10. The summed E-state index contributed by atoms with van der Waals surface area (Å²) in [6.45, 7) is 5.00. The van der Waals surface area contributed by atoms with E-state index in [1.165, 1.54) is 19.9 Å². The average molecular weight is 410 g/mol. The summed E-state index contributed by atoms with van der Waals surface area (Å²) < 4.78 is 41.3. The molecule has 2 rings (SSSR count). The average Bonchev–Trinajstić information content (AvgIpc) is 2.58. The van der Waals surface area contributed by atoms with Crippen LogP contribution in [0, 0.1) is 13.8 Å².